The van der Waals surface area contributed by atoms with Crippen molar-refractivity contribution >= 4 is 29.3 Å². The molecule has 0 spiro atoms. The van der Waals surface area contributed by atoms with Crippen LogP contribution in [0.2, 0.25) is 0 Å². The smallest absolute Gasteiger partial charge is 0.248 e. The van der Waals surface area contributed by atoms with Crippen molar-refractivity contribution < 1.29 is 9.59 Å². The molecule has 30 heavy (non-hydrogen) atoms. The number of amides is 2. The lowest BCUT2D eigenvalue weighted by molar-refractivity contribution is -0.125. The average Bonchev–Trinajstić information content (AvgIpc) is 3.46. The number of benzene rings is 2. The van der Waals surface area contributed by atoms with Gasteiger partial charge in [0.05, 0.1) is 17.3 Å². The normalized spacial score (nSPS) is 21.6. The molecule has 156 valence electrons. The van der Waals surface area contributed by atoms with Gasteiger partial charge in [0.1, 0.15) is 0 Å². The molecule has 1 aliphatic carbocycles. The van der Waals surface area contributed by atoms with Crippen LogP contribution in [0.5, 0.6) is 0 Å². The molecule has 2 aromatic rings. The van der Waals surface area contributed by atoms with Crippen molar-refractivity contribution in [2.24, 2.45) is 5.92 Å². The number of rotatable bonds is 6. The molecule has 4 N–H and O–H groups in total. The van der Waals surface area contributed by atoms with E-state index in [4.69, 9.17) is 5.73 Å². The van der Waals surface area contributed by atoms with E-state index in [-0.39, 0.29) is 23.7 Å². The lowest BCUT2D eigenvalue weighted by atomic mass is 9.88. The van der Waals surface area contributed by atoms with E-state index in [1.165, 1.54) is 6.08 Å². The summed E-state index contributed by atoms with van der Waals surface area (Å²) in [6.07, 6.45) is 5.47. The molecular weight excluding hydrogens is 376 g/mol. The van der Waals surface area contributed by atoms with Crippen LogP contribution in [0.3, 0.4) is 0 Å². The molecule has 2 amide bonds. The first-order valence-corrected chi connectivity index (χ1v) is 10.4. The van der Waals surface area contributed by atoms with E-state index in [1.54, 1.807) is 18.2 Å². The summed E-state index contributed by atoms with van der Waals surface area (Å²) in [7, 11) is 2.06. The third kappa shape index (κ3) is 4.89. The molecular formula is C24H28N4O2. The first-order chi connectivity index (χ1) is 14.5. The first kappa shape index (κ1) is 20.2. The van der Waals surface area contributed by atoms with Crippen molar-refractivity contribution in [3.05, 3.63) is 65.7 Å². The number of carbonyl (C=O) groups excluding carboxylic acids is 2. The Morgan fingerprint density at radius 2 is 1.80 bits per heavy atom. The molecule has 1 saturated heterocycles. The summed E-state index contributed by atoms with van der Waals surface area (Å²) in [5.74, 6) is 0.120. The summed E-state index contributed by atoms with van der Waals surface area (Å²) in [5.41, 5.74) is 9.08. The molecule has 6 nitrogen and oxygen atoms in total. The topological polar surface area (TPSA) is 87.5 Å². The van der Waals surface area contributed by atoms with E-state index < -0.39 is 0 Å². The van der Waals surface area contributed by atoms with E-state index in [2.05, 4.69) is 34.7 Å². The monoisotopic (exact) mass is 404 g/mol. The molecule has 2 aromatic carbocycles. The van der Waals surface area contributed by atoms with Crippen molar-refractivity contribution in [2.75, 3.05) is 31.2 Å². The molecule has 1 saturated carbocycles. The SMILES string of the molecule is CN1C[C@H](C(=O)NC2CC2)[C@@H](c2ccc(/C=C/C(=O)Nc3ccccc3N)cc2)C1. The van der Waals surface area contributed by atoms with Crippen LogP contribution in [0, 0.1) is 5.92 Å². The average molecular weight is 405 g/mol. The van der Waals surface area contributed by atoms with E-state index in [9.17, 15) is 9.59 Å². The number of nitrogens with zero attached hydrogens (tertiary/aromatic N) is 1. The molecule has 2 atom stereocenters. The highest BCUT2D eigenvalue weighted by atomic mass is 16.2. The van der Waals surface area contributed by atoms with Crippen molar-refractivity contribution in [1.29, 1.82) is 0 Å². The minimum atomic E-state index is -0.230. The second kappa shape index (κ2) is 8.71. The standard InChI is InChI=1S/C24H28N4O2/c1-28-14-19(20(15-28)24(30)26-18-11-12-18)17-9-6-16(7-10-17)8-13-23(29)27-22-5-3-2-4-21(22)25/h2-10,13,18-20H,11-12,14-15,25H2,1H3,(H,26,30)(H,27,29)/b13-8+/t19-,20+/m1/s1. The number of nitrogen functional groups attached to an aromatic ring is 1. The van der Waals surface area contributed by atoms with Gasteiger partial charge in [-0.3, -0.25) is 9.59 Å². The maximum Gasteiger partial charge on any atom is 0.248 e. The Labute approximate surface area is 177 Å². The van der Waals surface area contributed by atoms with E-state index in [0.717, 1.165) is 37.1 Å². The molecule has 0 aromatic heterocycles. The molecule has 4 rings (SSSR count). The van der Waals surface area contributed by atoms with Gasteiger partial charge < -0.3 is 21.3 Å². The highest BCUT2D eigenvalue weighted by molar-refractivity contribution is 6.03. The highest BCUT2D eigenvalue weighted by Gasteiger charge is 2.38. The first-order valence-electron chi connectivity index (χ1n) is 10.4. The number of likely N-dealkylation sites (N-methyl/N-ethyl adjacent to an activating group) is 1. The third-order valence-corrected chi connectivity index (χ3v) is 5.77. The Bertz CT molecular complexity index is 950. The van der Waals surface area contributed by atoms with Crippen LogP contribution in [-0.4, -0.2) is 42.9 Å². The Kier molecular flexibility index (Phi) is 5.86. The van der Waals surface area contributed by atoms with Crippen molar-refractivity contribution in [3.8, 4) is 0 Å². The van der Waals surface area contributed by atoms with Crippen molar-refractivity contribution in [2.45, 2.75) is 24.8 Å². The number of likely N-dealkylation sites (tertiary alicyclic amines) is 1. The zero-order valence-corrected chi connectivity index (χ0v) is 17.2. The largest absolute Gasteiger partial charge is 0.397 e. The molecule has 2 fully saturated rings. The zero-order chi connectivity index (χ0) is 21.1. The van der Waals surface area contributed by atoms with Crippen LogP contribution >= 0.6 is 0 Å². The number of anilines is 2. The van der Waals surface area contributed by atoms with Gasteiger partial charge in [-0.25, -0.2) is 0 Å². The Balaban J connectivity index is 1.39. The predicted molar refractivity (Wildman–Crippen MR) is 120 cm³/mol. The quantitative estimate of drug-likeness (QED) is 0.510. The summed E-state index contributed by atoms with van der Waals surface area (Å²) < 4.78 is 0. The van der Waals surface area contributed by atoms with Gasteiger partial charge in [-0.15, -0.1) is 0 Å². The van der Waals surface area contributed by atoms with Crippen LogP contribution in [-0.2, 0) is 9.59 Å². The number of hydrogen-bond donors (Lipinski definition) is 3. The molecule has 1 heterocycles. The van der Waals surface area contributed by atoms with Crippen LogP contribution in [0.15, 0.2) is 54.6 Å². The predicted octanol–water partition coefficient (Wildman–Crippen LogP) is 2.84. The van der Waals surface area contributed by atoms with Gasteiger partial charge in [0, 0.05) is 31.1 Å². The minimum absolute atomic E-state index is 0.0147. The lowest BCUT2D eigenvalue weighted by Crippen LogP contribution is -2.35. The van der Waals surface area contributed by atoms with Gasteiger partial charge in [0.15, 0.2) is 0 Å². The van der Waals surface area contributed by atoms with E-state index >= 15 is 0 Å². The fourth-order valence-electron chi connectivity index (χ4n) is 3.95. The second-order valence-electron chi connectivity index (χ2n) is 8.29. The molecule has 0 radical (unpaired) electrons. The van der Waals surface area contributed by atoms with Crippen molar-refractivity contribution in [1.82, 2.24) is 10.2 Å². The van der Waals surface area contributed by atoms with Gasteiger partial charge in [-0.05, 0) is 49.2 Å². The van der Waals surface area contributed by atoms with E-state index in [1.807, 2.05) is 24.3 Å². The summed E-state index contributed by atoms with van der Waals surface area (Å²) in [6, 6.07) is 15.7. The zero-order valence-electron chi connectivity index (χ0n) is 17.2. The van der Waals surface area contributed by atoms with Crippen LogP contribution < -0.4 is 16.4 Å². The highest BCUT2D eigenvalue weighted by Crippen LogP contribution is 2.33. The maximum absolute atomic E-state index is 12.6. The Morgan fingerprint density at radius 3 is 2.50 bits per heavy atom. The summed E-state index contributed by atoms with van der Waals surface area (Å²) in [6.45, 7) is 1.66. The fraction of sp³-hybridized carbons (Fsp3) is 0.333. The number of hydrogen-bond acceptors (Lipinski definition) is 4. The summed E-state index contributed by atoms with van der Waals surface area (Å²) >= 11 is 0. The molecule has 2 aliphatic rings. The van der Waals surface area contributed by atoms with Gasteiger partial charge in [0.25, 0.3) is 0 Å². The molecule has 0 bridgehead atoms. The maximum atomic E-state index is 12.6. The molecule has 0 unspecified atom stereocenters. The number of nitrogens with two attached hydrogens (primary N) is 1. The van der Waals surface area contributed by atoms with Gasteiger partial charge in [-0.2, -0.15) is 0 Å². The molecule has 1 aliphatic heterocycles. The second-order valence-corrected chi connectivity index (χ2v) is 8.29. The number of carbonyl (C=O) groups is 2. The van der Waals surface area contributed by atoms with Gasteiger partial charge in [0.2, 0.25) is 11.8 Å². The Hall–Kier alpha value is -3.12. The van der Waals surface area contributed by atoms with E-state index in [0.29, 0.717) is 17.4 Å². The number of para-hydroxylation sites is 2. The van der Waals surface area contributed by atoms with Crippen molar-refractivity contribution in [3.63, 3.8) is 0 Å². The van der Waals surface area contributed by atoms with Crippen LogP contribution in [0.1, 0.15) is 29.9 Å². The third-order valence-electron chi connectivity index (χ3n) is 5.77. The fourth-order valence-corrected chi connectivity index (χ4v) is 3.95. The van der Waals surface area contributed by atoms with Gasteiger partial charge >= 0.3 is 0 Å². The molecule has 6 heteroatoms. The van der Waals surface area contributed by atoms with Crippen LogP contribution in [0.25, 0.3) is 6.08 Å². The van der Waals surface area contributed by atoms with Crippen LogP contribution in [0.4, 0.5) is 11.4 Å². The van der Waals surface area contributed by atoms with Gasteiger partial charge in [-0.1, -0.05) is 36.4 Å². The lowest BCUT2D eigenvalue weighted by Gasteiger charge is -2.18. The summed E-state index contributed by atoms with van der Waals surface area (Å²) in [4.78, 5) is 27.0. The minimum Gasteiger partial charge on any atom is -0.397 e. The number of nitrogens with one attached hydrogen (secondary N) is 2. The summed E-state index contributed by atoms with van der Waals surface area (Å²) in [5, 5.41) is 5.93. The Morgan fingerprint density at radius 1 is 1.07 bits per heavy atom.